The minimum atomic E-state index is -0.579. The highest BCUT2D eigenvalue weighted by molar-refractivity contribution is 6.34. The number of nitrogens with one attached hydrogen (secondary N) is 2. The highest BCUT2D eigenvalue weighted by Gasteiger charge is 2.15. The van der Waals surface area contributed by atoms with Crippen molar-refractivity contribution in [3.63, 3.8) is 0 Å². The molecule has 0 aliphatic heterocycles. The van der Waals surface area contributed by atoms with Gasteiger partial charge in [-0.15, -0.1) is 0 Å². The molecular weight excluding hydrogens is 358 g/mol. The van der Waals surface area contributed by atoms with Crippen molar-refractivity contribution >= 4 is 34.8 Å². The molecule has 0 bridgehead atoms. The largest absolute Gasteiger partial charge is 0.348 e. The van der Waals surface area contributed by atoms with Gasteiger partial charge in [0.05, 0.1) is 15.5 Å². The van der Waals surface area contributed by atoms with Gasteiger partial charge in [-0.1, -0.05) is 37.6 Å². The number of nitro benzene ring substituents is 1. The van der Waals surface area contributed by atoms with Crippen molar-refractivity contribution in [1.82, 2.24) is 5.32 Å². The first-order valence-electron chi connectivity index (χ1n) is 7.90. The fraction of sp³-hybridized carbons (Fsp3) is 0.222. The molecule has 0 spiro atoms. The summed E-state index contributed by atoms with van der Waals surface area (Å²) in [7, 11) is 0. The lowest BCUT2D eigenvalue weighted by atomic mass is 10.1. The Hall–Kier alpha value is -2.93. The van der Waals surface area contributed by atoms with Crippen molar-refractivity contribution in [3.05, 3.63) is 68.7 Å². The van der Waals surface area contributed by atoms with Gasteiger partial charge in [0.15, 0.2) is 0 Å². The zero-order valence-corrected chi connectivity index (χ0v) is 15.0. The first kappa shape index (κ1) is 19.4. The second-order valence-corrected chi connectivity index (χ2v) is 6.36. The van der Waals surface area contributed by atoms with Gasteiger partial charge in [0.1, 0.15) is 0 Å². The number of non-ortho nitro benzene ring substituents is 1. The van der Waals surface area contributed by atoms with Crippen molar-refractivity contribution in [1.29, 1.82) is 0 Å². The molecule has 136 valence electrons. The molecular formula is C18H18ClN3O4. The maximum absolute atomic E-state index is 12.2. The van der Waals surface area contributed by atoms with Crippen molar-refractivity contribution in [2.45, 2.75) is 20.4 Å². The molecule has 0 atom stereocenters. The molecule has 2 aromatic rings. The lowest BCUT2D eigenvalue weighted by Gasteiger charge is -2.10. The SMILES string of the molecule is CC(C)C(=O)Nc1cccc(CNC(=O)c2ccc([N+](=O)[O-])cc2Cl)c1. The monoisotopic (exact) mass is 375 g/mol. The number of carbonyl (C=O) groups excluding carboxylic acids is 2. The van der Waals surface area contributed by atoms with Crippen LogP contribution < -0.4 is 10.6 Å². The minimum Gasteiger partial charge on any atom is -0.348 e. The van der Waals surface area contributed by atoms with Crippen LogP contribution in [-0.2, 0) is 11.3 Å². The van der Waals surface area contributed by atoms with E-state index in [-0.39, 0.29) is 34.6 Å². The number of hydrogen-bond donors (Lipinski definition) is 2. The van der Waals surface area contributed by atoms with Gasteiger partial charge in [-0.05, 0) is 23.8 Å². The third-order valence-electron chi connectivity index (χ3n) is 3.58. The molecule has 0 saturated carbocycles. The summed E-state index contributed by atoms with van der Waals surface area (Å²) >= 11 is 5.95. The van der Waals surface area contributed by atoms with Crippen LogP contribution in [0.5, 0.6) is 0 Å². The lowest BCUT2D eigenvalue weighted by Crippen LogP contribution is -2.23. The summed E-state index contributed by atoms with van der Waals surface area (Å²) < 4.78 is 0. The Labute approximate surface area is 155 Å². The molecule has 0 fully saturated rings. The smallest absolute Gasteiger partial charge is 0.270 e. The third kappa shape index (κ3) is 5.03. The number of rotatable bonds is 6. The maximum Gasteiger partial charge on any atom is 0.270 e. The van der Waals surface area contributed by atoms with Crippen LogP contribution in [0.25, 0.3) is 0 Å². The van der Waals surface area contributed by atoms with Gasteiger partial charge in [0.25, 0.3) is 11.6 Å². The molecule has 0 aliphatic carbocycles. The topological polar surface area (TPSA) is 101 Å². The average molecular weight is 376 g/mol. The average Bonchev–Trinajstić information content (AvgIpc) is 2.59. The third-order valence-corrected chi connectivity index (χ3v) is 3.89. The first-order valence-corrected chi connectivity index (χ1v) is 8.27. The fourth-order valence-corrected chi connectivity index (χ4v) is 2.39. The zero-order valence-electron chi connectivity index (χ0n) is 14.3. The molecule has 2 rings (SSSR count). The number of nitrogens with zero attached hydrogens (tertiary/aromatic N) is 1. The molecule has 2 N–H and O–H groups in total. The van der Waals surface area contributed by atoms with Crippen LogP contribution in [-0.4, -0.2) is 16.7 Å². The summed E-state index contributed by atoms with van der Waals surface area (Å²) in [4.78, 5) is 34.1. The van der Waals surface area contributed by atoms with Crippen molar-refractivity contribution in [2.75, 3.05) is 5.32 Å². The molecule has 2 amide bonds. The lowest BCUT2D eigenvalue weighted by molar-refractivity contribution is -0.384. The van der Waals surface area contributed by atoms with E-state index in [0.29, 0.717) is 5.69 Å². The van der Waals surface area contributed by atoms with E-state index in [0.717, 1.165) is 11.6 Å². The number of benzene rings is 2. The number of carbonyl (C=O) groups is 2. The zero-order chi connectivity index (χ0) is 19.3. The normalized spacial score (nSPS) is 10.5. The molecule has 0 radical (unpaired) electrons. The van der Waals surface area contributed by atoms with Crippen molar-refractivity contribution in [2.24, 2.45) is 5.92 Å². The fourth-order valence-electron chi connectivity index (χ4n) is 2.12. The standard InChI is InChI=1S/C18H18ClN3O4/c1-11(2)17(23)21-13-5-3-4-12(8-13)10-20-18(24)15-7-6-14(22(25)26)9-16(15)19/h3-9,11H,10H2,1-2H3,(H,20,24)(H,21,23). The Morgan fingerprint density at radius 3 is 2.54 bits per heavy atom. The Kier molecular flexibility index (Phi) is 6.30. The van der Waals surface area contributed by atoms with Crippen LogP contribution in [0.4, 0.5) is 11.4 Å². The van der Waals surface area contributed by atoms with Gasteiger partial charge >= 0.3 is 0 Å². The quantitative estimate of drug-likeness (QED) is 0.592. The van der Waals surface area contributed by atoms with E-state index in [9.17, 15) is 19.7 Å². The van der Waals surface area contributed by atoms with Gasteiger partial charge in [-0.2, -0.15) is 0 Å². The molecule has 8 heteroatoms. The summed E-state index contributed by atoms with van der Waals surface area (Å²) in [5.74, 6) is -0.673. The minimum absolute atomic E-state index is 0.00893. The van der Waals surface area contributed by atoms with Gasteiger partial charge in [0, 0.05) is 30.3 Å². The van der Waals surface area contributed by atoms with Crippen LogP contribution in [0.3, 0.4) is 0 Å². The molecule has 0 heterocycles. The molecule has 7 nitrogen and oxygen atoms in total. The summed E-state index contributed by atoms with van der Waals surface area (Å²) in [6, 6.07) is 10.8. The number of anilines is 1. The summed E-state index contributed by atoms with van der Waals surface area (Å²) in [5, 5.41) is 16.2. The highest BCUT2D eigenvalue weighted by Crippen LogP contribution is 2.22. The van der Waals surface area contributed by atoms with Gasteiger partial charge in [-0.3, -0.25) is 19.7 Å². The predicted molar refractivity (Wildman–Crippen MR) is 99.2 cm³/mol. The van der Waals surface area contributed by atoms with Crippen LogP contribution in [0, 0.1) is 16.0 Å². The van der Waals surface area contributed by atoms with Crippen LogP contribution in [0.15, 0.2) is 42.5 Å². The van der Waals surface area contributed by atoms with E-state index >= 15 is 0 Å². The Balaban J connectivity index is 2.03. The number of nitro groups is 1. The van der Waals surface area contributed by atoms with Crippen molar-refractivity contribution < 1.29 is 14.5 Å². The van der Waals surface area contributed by atoms with Gasteiger partial charge in [-0.25, -0.2) is 0 Å². The summed E-state index contributed by atoms with van der Waals surface area (Å²) in [5.41, 5.74) is 1.41. The Morgan fingerprint density at radius 1 is 1.19 bits per heavy atom. The second-order valence-electron chi connectivity index (χ2n) is 5.95. The number of hydrogen-bond acceptors (Lipinski definition) is 4. The number of halogens is 1. The van der Waals surface area contributed by atoms with Crippen LogP contribution >= 0.6 is 11.6 Å². The van der Waals surface area contributed by atoms with E-state index in [2.05, 4.69) is 10.6 Å². The molecule has 0 aliphatic rings. The Bertz CT molecular complexity index is 852. The van der Waals surface area contributed by atoms with E-state index in [1.807, 2.05) is 6.07 Å². The van der Waals surface area contributed by atoms with Crippen LogP contribution in [0.1, 0.15) is 29.8 Å². The van der Waals surface area contributed by atoms with Gasteiger partial charge < -0.3 is 10.6 Å². The van der Waals surface area contributed by atoms with Crippen molar-refractivity contribution in [3.8, 4) is 0 Å². The van der Waals surface area contributed by atoms with Gasteiger partial charge in [0.2, 0.25) is 5.91 Å². The van der Waals surface area contributed by atoms with Crippen LogP contribution in [0.2, 0.25) is 5.02 Å². The second kappa shape index (κ2) is 8.44. The van der Waals surface area contributed by atoms with E-state index in [1.54, 1.807) is 32.0 Å². The summed E-state index contributed by atoms with van der Waals surface area (Å²) in [6.45, 7) is 3.82. The maximum atomic E-state index is 12.2. The Morgan fingerprint density at radius 2 is 1.92 bits per heavy atom. The van der Waals surface area contributed by atoms with E-state index < -0.39 is 10.8 Å². The van der Waals surface area contributed by atoms with E-state index in [1.165, 1.54) is 12.1 Å². The molecule has 2 aromatic carbocycles. The molecule has 0 unspecified atom stereocenters. The first-order chi connectivity index (χ1) is 12.3. The highest BCUT2D eigenvalue weighted by atomic mass is 35.5. The molecule has 0 saturated heterocycles. The number of amides is 2. The predicted octanol–water partition coefficient (Wildman–Crippen LogP) is 3.77. The molecule has 0 aromatic heterocycles. The van der Waals surface area contributed by atoms with E-state index in [4.69, 9.17) is 11.6 Å². The summed E-state index contributed by atoms with van der Waals surface area (Å²) in [6.07, 6.45) is 0. The molecule has 26 heavy (non-hydrogen) atoms.